The lowest BCUT2D eigenvalue weighted by molar-refractivity contribution is -0.137. The van der Waals surface area contributed by atoms with Crippen LogP contribution in [0.2, 0.25) is 5.02 Å². The summed E-state index contributed by atoms with van der Waals surface area (Å²) in [6, 6.07) is 3.27. The van der Waals surface area contributed by atoms with Gasteiger partial charge in [-0.2, -0.15) is 0 Å². The minimum Gasteiger partial charge on any atom is -0.482 e. The molecule has 3 N–H and O–H groups in total. The summed E-state index contributed by atoms with van der Waals surface area (Å²) in [5.74, 6) is -0.507. The third-order valence-electron chi connectivity index (χ3n) is 2.90. The smallest absolute Gasteiger partial charge is 0.303 e. The Labute approximate surface area is 121 Å². The average molecular weight is 299 g/mol. The maximum atomic E-state index is 11.2. The lowest BCUT2D eigenvalue weighted by Crippen LogP contribution is -2.25. The zero-order chi connectivity index (χ0) is 14.7. The zero-order valence-electron chi connectivity index (χ0n) is 10.9. The van der Waals surface area contributed by atoms with E-state index >= 15 is 0 Å². The number of aliphatic carboxylic acids is 1. The average Bonchev–Trinajstić information content (AvgIpc) is 2.37. The van der Waals surface area contributed by atoms with Gasteiger partial charge in [-0.15, -0.1) is 0 Å². The molecule has 20 heavy (non-hydrogen) atoms. The van der Waals surface area contributed by atoms with E-state index in [1.807, 2.05) is 6.92 Å². The van der Waals surface area contributed by atoms with Crippen LogP contribution < -0.4 is 15.4 Å². The molecule has 1 unspecified atom stereocenters. The first-order chi connectivity index (χ1) is 9.45. The Morgan fingerprint density at radius 3 is 3.05 bits per heavy atom. The van der Waals surface area contributed by atoms with Crippen LogP contribution >= 0.6 is 11.6 Å². The Morgan fingerprint density at radius 2 is 2.35 bits per heavy atom. The highest BCUT2D eigenvalue weighted by Gasteiger charge is 2.18. The molecule has 1 aliphatic rings. The molecule has 108 valence electrons. The van der Waals surface area contributed by atoms with Crippen molar-refractivity contribution in [1.29, 1.82) is 0 Å². The molecular formula is C13H15ClN2O4. The van der Waals surface area contributed by atoms with E-state index in [0.717, 1.165) is 0 Å². The van der Waals surface area contributed by atoms with Gasteiger partial charge in [-0.1, -0.05) is 11.6 Å². The van der Waals surface area contributed by atoms with E-state index in [2.05, 4.69) is 10.6 Å². The minimum absolute atomic E-state index is 0.0252. The molecular weight excluding hydrogens is 284 g/mol. The summed E-state index contributed by atoms with van der Waals surface area (Å²) in [7, 11) is 0. The van der Waals surface area contributed by atoms with Crippen LogP contribution in [0.3, 0.4) is 0 Å². The number of nitrogens with one attached hydrogen (secondary N) is 2. The SMILES string of the molecule is CC(CCC(=O)O)Nc1cc2c(cc1Cl)NC(=O)CO2. The largest absolute Gasteiger partial charge is 0.482 e. The van der Waals surface area contributed by atoms with Crippen molar-refractivity contribution < 1.29 is 19.4 Å². The van der Waals surface area contributed by atoms with Crippen molar-refractivity contribution in [2.24, 2.45) is 0 Å². The fraction of sp³-hybridized carbons (Fsp3) is 0.385. The standard InChI is InChI=1S/C13H15ClN2O4/c1-7(2-3-13(18)19)15-9-5-11-10(4-8(9)14)16-12(17)6-20-11/h4-5,7,15H,2-3,6H2,1H3,(H,16,17)(H,18,19). The number of ether oxygens (including phenoxy) is 1. The Kier molecular flexibility index (Phi) is 4.34. The molecule has 1 atom stereocenters. The number of hydrogen-bond donors (Lipinski definition) is 3. The van der Waals surface area contributed by atoms with E-state index in [0.29, 0.717) is 28.6 Å². The lowest BCUT2D eigenvalue weighted by Gasteiger charge is -2.21. The second-order valence-corrected chi connectivity index (χ2v) is 5.05. The highest BCUT2D eigenvalue weighted by molar-refractivity contribution is 6.33. The Bertz CT molecular complexity index is 547. The molecule has 1 amide bonds. The molecule has 0 radical (unpaired) electrons. The molecule has 1 aromatic carbocycles. The van der Waals surface area contributed by atoms with E-state index in [1.54, 1.807) is 12.1 Å². The van der Waals surface area contributed by atoms with Crippen LogP contribution in [0.5, 0.6) is 5.75 Å². The molecule has 0 bridgehead atoms. The van der Waals surface area contributed by atoms with Crippen LogP contribution in [0.25, 0.3) is 0 Å². The molecule has 2 rings (SSSR count). The van der Waals surface area contributed by atoms with E-state index < -0.39 is 5.97 Å². The number of amides is 1. The molecule has 1 aromatic rings. The maximum absolute atomic E-state index is 11.2. The number of benzene rings is 1. The van der Waals surface area contributed by atoms with Crippen molar-refractivity contribution >= 4 is 34.9 Å². The number of carboxylic acid groups (broad SMARTS) is 1. The predicted octanol–water partition coefficient (Wildman–Crippen LogP) is 2.34. The molecule has 0 spiro atoms. The molecule has 0 saturated carbocycles. The Hall–Kier alpha value is -1.95. The van der Waals surface area contributed by atoms with Gasteiger partial charge in [0, 0.05) is 18.5 Å². The molecule has 7 heteroatoms. The molecule has 1 aliphatic heterocycles. The summed E-state index contributed by atoms with van der Waals surface area (Å²) in [5, 5.41) is 14.9. The van der Waals surface area contributed by atoms with Crippen molar-refractivity contribution in [1.82, 2.24) is 0 Å². The third kappa shape index (κ3) is 3.54. The predicted molar refractivity (Wildman–Crippen MR) is 75.5 cm³/mol. The highest BCUT2D eigenvalue weighted by atomic mass is 35.5. The van der Waals surface area contributed by atoms with Gasteiger partial charge in [0.15, 0.2) is 6.61 Å². The Balaban J connectivity index is 2.09. The van der Waals surface area contributed by atoms with Gasteiger partial charge in [0.05, 0.1) is 16.4 Å². The van der Waals surface area contributed by atoms with Gasteiger partial charge >= 0.3 is 5.97 Å². The third-order valence-corrected chi connectivity index (χ3v) is 3.21. The summed E-state index contributed by atoms with van der Waals surface area (Å²) >= 11 is 6.13. The highest BCUT2D eigenvalue weighted by Crippen LogP contribution is 2.36. The van der Waals surface area contributed by atoms with Gasteiger partial charge in [0.1, 0.15) is 5.75 Å². The first-order valence-corrected chi connectivity index (χ1v) is 6.58. The number of carboxylic acids is 1. The van der Waals surface area contributed by atoms with Crippen LogP contribution in [-0.4, -0.2) is 29.6 Å². The topological polar surface area (TPSA) is 87.7 Å². The van der Waals surface area contributed by atoms with Crippen molar-refractivity contribution in [3.8, 4) is 5.75 Å². The molecule has 0 saturated heterocycles. The van der Waals surface area contributed by atoms with Crippen LogP contribution in [0.4, 0.5) is 11.4 Å². The summed E-state index contributed by atoms with van der Waals surface area (Å²) in [6.45, 7) is 1.85. The number of fused-ring (bicyclic) bond motifs is 1. The molecule has 0 aromatic heterocycles. The monoisotopic (exact) mass is 298 g/mol. The lowest BCUT2D eigenvalue weighted by atomic mass is 10.1. The number of anilines is 2. The quantitative estimate of drug-likeness (QED) is 0.776. The van der Waals surface area contributed by atoms with Gasteiger partial charge in [-0.25, -0.2) is 0 Å². The van der Waals surface area contributed by atoms with Crippen molar-refractivity contribution in [3.63, 3.8) is 0 Å². The summed E-state index contributed by atoms with van der Waals surface area (Å²) in [5.41, 5.74) is 1.19. The number of rotatable bonds is 5. The minimum atomic E-state index is -0.832. The fourth-order valence-corrected chi connectivity index (χ4v) is 2.11. The van der Waals surface area contributed by atoms with Crippen molar-refractivity contribution in [2.45, 2.75) is 25.8 Å². The fourth-order valence-electron chi connectivity index (χ4n) is 1.89. The first-order valence-electron chi connectivity index (χ1n) is 6.20. The molecule has 1 heterocycles. The van der Waals surface area contributed by atoms with Gasteiger partial charge in [0.25, 0.3) is 5.91 Å². The van der Waals surface area contributed by atoms with E-state index in [9.17, 15) is 9.59 Å². The summed E-state index contributed by atoms with van der Waals surface area (Å²) in [6.07, 6.45) is 0.573. The van der Waals surface area contributed by atoms with Crippen LogP contribution in [0.15, 0.2) is 12.1 Å². The second kappa shape index (κ2) is 6.00. The zero-order valence-corrected chi connectivity index (χ0v) is 11.7. The molecule has 6 nitrogen and oxygen atoms in total. The van der Waals surface area contributed by atoms with E-state index in [1.165, 1.54) is 0 Å². The molecule has 0 fully saturated rings. The number of hydrogen-bond acceptors (Lipinski definition) is 4. The molecule has 0 aliphatic carbocycles. The van der Waals surface area contributed by atoms with E-state index in [-0.39, 0.29) is 25.0 Å². The van der Waals surface area contributed by atoms with Gasteiger partial charge in [-0.3, -0.25) is 9.59 Å². The Morgan fingerprint density at radius 1 is 1.60 bits per heavy atom. The summed E-state index contributed by atoms with van der Waals surface area (Å²) < 4.78 is 5.31. The van der Waals surface area contributed by atoms with Crippen LogP contribution in [0.1, 0.15) is 19.8 Å². The van der Waals surface area contributed by atoms with Crippen molar-refractivity contribution in [2.75, 3.05) is 17.2 Å². The van der Waals surface area contributed by atoms with Crippen LogP contribution in [-0.2, 0) is 9.59 Å². The van der Waals surface area contributed by atoms with Crippen LogP contribution in [0, 0.1) is 0 Å². The van der Waals surface area contributed by atoms with Gasteiger partial charge in [-0.05, 0) is 19.4 Å². The number of halogens is 1. The number of carbonyl (C=O) groups excluding carboxylic acids is 1. The normalized spacial score (nSPS) is 14.8. The van der Waals surface area contributed by atoms with Gasteiger partial charge < -0.3 is 20.5 Å². The number of carbonyl (C=O) groups is 2. The first kappa shape index (κ1) is 14.5. The maximum Gasteiger partial charge on any atom is 0.303 e. The second-order valence-electron chi connectivity index (χ2n) is 4.64. The summed E-state index contributed by atoms with van der Waals surface area (Å²) in [4.78, 5) is 21.7. The van der Waals surface area contributed by atoms with Gasteiger partial charge in [0.2, 0.25) is 0 Å². The van der Waals surface area contributed by atoms with E-state index in [4.69, 9.17) is 21.4 Å². The van der Waals surface area contributed by atoms with Crippen molar-refractivity contribution in [3.05, 3.63) is 17.2 Å².